The highest BCUT2D eigenvalue weighted by molar-refractivity contribution is 5.83. The molecule has 0 unspecified atom stereocenters. The van der Waals surface area contributed by atoms with E-state index < -0.39 is 0 Å². The van der Waals surface area contributed by atoms with Crippen LogP contribution in [0.1, 0.15) is 6.92 Å². The second kappa shape index (κ2) is 3.27. The van der Waals surface area contributed by atoms with Gasteiger partial charge in [-0.3, -0.25) is 4.79 Å². The van der Waals surface area contributed by atoms with E-state index in [0.717, 1.165) is 26.2 Å². The fourth-order valence-corrected chi connectivity index (χ4v) is 1.78. The van der Waals surface area contributed by atoms with Gasteiger partial charge < -0.3 is 15.0 Å². The number of carbonyl (C=O) groups excluding carboxylic acids is 1. The number of hydrogen-bond acceptors (Lipinski definition) is 3. The molecule has 2 aliphatic heterocycles. The minimum atomic E-state index is -0.225. The first-order chi connectivity index (χ1) is 6.22. The Kier molecular flexibility index (Phi) is 2.26. The molecule has 0 radical (unpaired) electrons. The van der Waals surface area contributed by atoms with Crippen molar-refractivity contribution < 1.29 is 9.53 Å². The van der Waals surface area contributed by atoms with Crippen molar-refractivity contribution in [3.8, 4) is 0 Å². The third-order valence-electron chi connectivity index (χ3n) is 2.76. The predicted octanol–water partition coefficient (Wildman–Crippen LogP) is -0.545. The molecule has 4 heteroatoms. The van der Waals surface area contributed by atoms with Gasteiger partial charge in [-0.25, -0.2) is 0 Å². The van der Waals surface area contributed by atoms with Crippen molar-refractivity contribution in [1.29, 1.82) is 0 Å². The third-order valence-corrected chi connectivity index (χ3v) is 2.76. The second-order valence-electron chi connectivity index (χ2n) is 4.10. The van der Waals surface area contributed by atoms with Crippen molar-refractivity contribution in [1.82, 2.24) is 10.2 Å². The zero-order valence-corrected chi connectivity index (χ0v) is 8.01. The number of nitrogens with zero attached hydrogens (tertiary/aromatic N) is 1. The maximum absolute atomic E-state index is 11.9. The monoisotopic (exact) mass is 184 g/mol. The summed E-state index contributed by atoms with van der Waals surface area (Å²) in [4.78, 5) is 13.9. The van der Waals surface area contributed by atoms with E-state index in [1.165, 1.54) is 0 Å². The molecule has 0 spiro atoms. The number of ether oxygens (including phenoxy) is 1. The van der Waals surface area contributed by atoms with Crippen LogP contribution in [-0.2, 0) is 9.53 Å². The van der Waals surface area contributed by atoms with E-state index in [9.17, 15) is 4.79 Å². The number of carbonyl (C=O) groups is 1. The Bertz CT molecular complexity index is 208. The van der Waals surface area contributed by atoms with Crippen molar-refractivity contribution >= 4 is 5.91 Å². The van der Waals surface area contributed by atoms with Crippen molar-refractivity contribution in [2.75, 3.05) is 39.4 Å². The lowest BCUT2D eigenvalue weighted by molar-refractivity contribution is -0.169. The second-order valence-corrected chi connectivity index (χ2v) is 4.10. The van der Waals surface area contributed by atoms with E-state index in [4.69, 9.17) is 4.74 Å². The fraction of sp³-hybridized carbons (Fsp3) is 0.889. The molecule has 2 saturated heterocycles. The van der Waals surface area contributed by atoms with Crippen molar-refractivity contribution in [3.05, 3.63) is 0 Å². The number of hydrogen-bond donors (Lipinski definition) is 1. The fourth-order valence-electron chi connectivity index (χ4n) is 1.78. The standard InChI is InChI=1S/C9H16N2O2/c1-9(6-13-7-9)8(12)11-4-2-10-3-5-11/h10H,2-7H2,1H3. The molecule has 0 aromatic carbocycles. The quantitative estimate of drug-likeness (QED) is 0.595. The molecule has 13 heavy (non-hydrogen) atoms. The minimum Gasteiger partial charge on any atom is -0.379 e. The van der Waals surface area contributed by atoms with Gasteiger partial charge in [0.1, 0.15) is 0 Å². The highest BCUT2D eigenvalue weighted by Gasteiger charge is 2.43. The van der Waals surface area contributed by atoms with Gasteiger partial charge in [0.15, 0.2) is 0 Å². The molecule has 0 aromatic heterocycles. The molecular formula is C9H16N2O2. The SMILES string of the molecule is CC1(C(=O)N2CCNCC2)COC1. The summed E-state index contributed by atoms with van der Waals surface area (Å²) in [5.74, 6) is 0.264. The van der Waals surface area contributed by atoms with Crippen LogP contribution in [0.15, 0.2) is 0 Å². The Balaban J connectivity index is 1.95. The van der Waals surface area contributed by atoms with Crippen LogP contribution < -0.4 is 5.32 Å². The summed E-state index contributed by atoms with van der Waals surface area (Å²) in [6.07, 6.45) is 0. The van der Waals surface area contributed by atoms with E-state index in [0.29, 0.717) is 13.2 Å². The molecule has 4 nitrogen and oxygen atoms in total. The first-order valence-electron chi connectivity index (χ1n) is 4.80. The molecule has 2 heterocycles. The van der Waals surface area contributed by atoms with Gasteiger partial charge in [-0.15, -0.1) is 0 Å². The average Bonchev–Trinajstić information content (AvgIpc) is 2.14. The average molecular weight is 184 g/mol. The Labute approximate surface area is 78.2 Å². The predicted molar refractivity (Wildman–Crippen MR) is 48.4 cm³/mol. The van der Waals surface area contributed by atoms with Crippen LogP contribution in [0.2, 0.25) is 0 Å². The maximum atomic E-state index is 11.9. The van der Waals surface area contributed by atoms with Crippen LogP contribution in [0.25, 0.3) is 0 Å². The lowest BCUT2D eigenvalue weighted by Crippen LogP contribution is -2.57. The van der Waals surface area contributed by atoms with Gasteiger partial charge in [0, 0.05) is 26.2 Å². The summed E-state index contributed by atoms with van der Waals surface area (Å²) >= 11 is 0. The van der Waals surface area contributed by atoms with Crippen molar-refractivity contribution in [2.24, 2.45) is 5.41 Å². The molecule has 0 saturated carbocycles. The molecule has 0 bridgehead atoms. The van der Waals surface area contributed by atoms with Gasteiger partial charge in [-0.05, 0) is 6.92 Å². The van der Waals surface area contributed by atoms with Gasteiger partial charge in [0.2, 0.25) is 5.91 Å². The van der Waals surface area contributed by atoms with Crippen molar-refractivity contribution in [3.63, 3.8) is 0 Å². The van der Waals surface area contributed by atoms with Crippen LogP contribution in [-0.4, -0.2) is 50.2 Å². The molecule has 1 N–H and O–H groups in total. The van der Waals surface area contributed by atoms with Gasteiger partial charge in [0.25, 0.3) is 0 Å². The molecule has 2 rings (SSSR count). The third kappa shape index (κ3) is 1.56. The van der Waals surface area contributed by atoms with Gasteiger partial charge in [-0.1, -0.05) is 0 Å². The zero-order chi connectivity index (χ0) is 9.31. The molecule has 2 aliphatic rings. The van der Waals surface area contributed by atoms with Gasteiger partial charge in [-0.2, -0.15) is 0 Å². The summed E-state index contributed by atoms with van der Waals surface area (Å²) in [5, 5.41) is 3.23. The van der Waals surface area contributed by atoms with E-state index in [1.807, 2.05) is 11.8 Å². The maximum Gasteiger partial charge on any atom is 0.233 e. The molecular weight excluding hydrogens is 168 g/mol. The molecule has 0 aromatic rings. The number of rotatable bonds is 1. The van der Waals surface area contributed by atoms with E-state index in [-0.39, 0.29) is 11.3 Å². The molecule has 74 valence electrons. The number of piperazine rings is 1. The van der Waals surface area contributed by atoms with E-state index in [2.05, 4.69) is 5.32 Å². The zero-order valence-electron chi connectivity index (χ0n) is 8.01. The first-order valence-corrected chi connectivity index (χ1v) is 4.80. The minimum absolute atomic E-state index is 0.225. The lowest BCUT2D eigenvalue weighted by atomic mass is 9.87. The van der Waals surface area contributed by atoms with Crippen LogP contribution in [0, 0.1) is 5.41 Å². The Morgan fingerprint density at radius 2 is 2.00 bits per heavy atom. The van der Waals surface area contributed by atoms with Crippen LogP contribution in [0.5, 0.6) is 0 Å². The normalized spacial score (nSPS) is 26.7. The Morgan fingerprint density at radius 3 is 2.46 bits per heavy atom. The molecule has 0 atom stereocenters. The highest BCUT2D eigenvalue weighted by atomic mass is 16.5. The van der Waals surface area contributed by atoms with Gasteiger partial charge >= 0.3 is 0 Å². The van der Waals surface area contributed by atoms with Crippen LogP contribution in [0.3, 0.4) is 0 Å². The van der Waals surface area contributed by atoms with Crippen LogP contribution in [0.4, 0.5) is 0 Å². The summed E-state index contributed by atoms with van der Waals surface area (Å²) in [5.41, 5.74) is -0.225. The summed E-state index contributed by atoms with van der Waals surface area (Å²) in [6, 6.07) is 0. The van der Waals surface area contributed by atoms with Crippen LogP contribution >= 0.6 is 0 Å². The molecule has 2 fully saturated rings. The molecule has 0 aliphatic carbocycles. The van der Waals surface area contributed by atoms with Gasteiger partial charge in [0.05, 0.1) is 18.6 Å². The van der Waals surface area contributed by atoms with Crippen molar-refractivity contribution in [2.45, 2.75) is 6.92 Å². The first kappa shape index (κ1) is 8.97. The number of nitrogens with one attached hydrogen (secondary N) is 1. The highest BCUT2D eigenvalue weighted by Crippen LogP contribution is 2.28. The largest absolute Gasteiger partial charge is 0.379 e. The topological polar surface area (TPSA) is 41.6 Å². The summed E-state index contributed by atoms with van der Waals surface area (Å²) in [6.45, 7) is 6.70. The lowest BCUT2D eigenvalue weighted by Gasteiger charge is -2.41. The summed E-state index contributed by atoms with van der Waals surface area (Å²) < 4.78 is 5.09. The van der Waals surface area contributed by atoms with E-state index in [1.54, 1.807) is 0 Å². The number of amides is 1. The summed E-state index contributed by atoms with van der Waals surface area (Å²) in [7, 11) is 0. The Morgan fingerprint density at radius 1 is 1.38 bits per heavy atom. The smallest absolute Gasteiger partial charge is 0.233 e. The molecule has 1 amide bonds. The Hall–Kier alpha value is -0.610. The van der Waals surface area contributed by atoms with E-state index >= 15 is 0 Å².